The molecule has 7 rings (SSSR count). The zero-order valence-electron chi connectivity index (χ0n) is 29.7. The van der Waals surface area contributed by atoms with E-state index >= 15 is 0 Å². The molecular formula is C43H44N4OPt-2. The maximum absolute atomic E-state index is 6.54. The second kappa shape index (κ2) is 12.3. The first-order valence-corrected chi connectivity index (χ1v) is 18.2. The molecule has 49 heavy (non-hydrogen) atoms. The number of benzene rings is 4. The number of anilines is 2. The number of hydrogen-bond donors (Lipinski definition) is 0. The third-order valence-electron chi connectivity index (χ3n) is 9.57. The summed E-state index contributed by atoms with van der Waals surface area (Å²) in [6, 6.07) is 39.3. The molecule has 0 saturated heterocycles. The third kappa shape index (κ3) is 6.34. The van der Waals surface area contributed by atoms with Gasteiger partial charge in [0.15, 0.2) is 0 Å². The number of imidazole rings is 1. The van der Waals surface area contributed by atoms with E-state index in [-0.39, 0.29) is 16.4 Å². The summed E-state index contributed by atoms with van der Waals surface area (Å²) in [5, 5.41) is 0. The number of fused-ring (bicyclic) bond motifs is 2. The molecule has 0 saturated carbocycles. The van der Waals surface area contributed by atoms with Crippen molar-refractivity contribution in [2.75, 3.05) is 4.90 Å². The minimum absolute atomic E-state index is 0.0228. The van der Waals surface area contributed by atoms with Gasteiger partial charge in [-0.25, -0.2) is 0 Å². The van der Waals surface area contributed by atoms with Crippen LogP contribution in [0.4, 0.5) is 11.5 Å². The fourth-order valence-corrected chi connectivity index (χ4v) is 7.80. The topological polar surface area (TPSA) is 35.2 Å². The zero-order valence-corrected chi connectivity index (χ0v) is 31.9. The molecule has 0 spiro atoms. The van der Waals surface area contributed by atoms with Crippen molar-refractivity contribution in [3.05, 3.63) is 130 Å². The molecule has 2 aromatic heterocycles. The molecule has 6 aromatic rings. The molecule has 0 amide bonds. The summed E-state index contributed by atoms with van der Waals surface area (Å²) in [5.74, 6) is 2.23. The molecule has 3 heterocycles. The Balaban J connectivity index is 1.26. The number of para-hydroxylation sites is 2. The summed E-state index contributed by atoms with van der Waals surface area (Å²) in [4.78, 5) is 7.20. The molecular weight excluding hydrogens is 784 g/mol. The molecule has 6 heteroatoms. The fraction of sp³-hybridized carbons (Fsp3) is 0.302. The van der Waals surface area contributed by atoms with Crippen LogP contribution in [0.5, 0.6) is 11.5 Å². The van der Waals surface area contributed by atoms with Crippen LogP contribution in [0.1, 0.15) is 78.5 Å². The van der Waals surface area contributed by atoms with Gasteiger partial charge >= 0.3 is 259 Å². The van der Waals surface area contributed by atoms with Gasteiger partial charge in [0.2, 0.25) is 0 Å². The molecule has 4 aromatic carbocycles. The first-order valence-electron chi connectivity index (χ1n) is 17.0. The second-order valence-corrected chi connectivity index (χ2v) is 16.7. The van der Waals surface area contributed by atoms with E-state index in [1.54, 1.807) is 0 Å². The maximum atomic E-state index is 6.54. The molecule has 0 N–H and O–H groups in total. The second-order valence-electron chi connectivity index (χ2n) is 15.7. The van der Waals surface area contributed by atoms with Gasteiger partial charge in [-0.3, -0.25) is 0 Å². The van der Waals surface area contributed by atoms with Crippen LogP contribution in [0, 0.1) is 15.9 Å². The Morgan fingerprint density at radius 2 is 1.41 bits per heavy atom. The van der Waals surface area contributed by atoms with Crippen LogP contribution in [0.25, 0.3) is 22.4 Å². The molecule has 1 aliphatic heterocycles. The van der Waals surface area contributed by atoms with Crippen molar-refractivity contribution < 1.29 is 24.1 Å². The van der Waals surface area contributed by atoms with Gasteiger partial charge in [-0.1, -0.05) is 20.8 Å². The Kier molecular flexibility index (Phi) is 8.35. The molecule has 0 fully saturated rings. The number of ether oxygens (including phenoxy) is 1. The fourth-order valence-electron chi connectivity index (χ4n) is 6.68. The number of aryl methyl sites for hydroxylation is 1. The van der Waals surface area contributed by atoms with Gasteiger partial charge in [0.1, 0.15) is 0 Å². The zero-order chi connectivity index (χ0) is 34.7. The van der Waals surface area contributed by atoms with E-state index in [0.29, 0.717) is 11.5 Å². The van der Waals surface area contributed by atoms with Crippen LogP contribution in [0.15, 0.2) is 97.2 Å². The van der Waals surface area contributed by atoms with Gasteiger partial charge in [0.05, 0.1) is 0 Å². The Labute approximate surface area is 301 Å². The average molecular weight is 828 g/mol. The van der Waals surface area contributed by atoms with Crippen molar-refractivity contribution in [2.24, 2.45) is 0 Å². The van der Waals surface area contributed by atoms with Gasteiger partial charge in [0.25, 0.3) is 0 Å². The first-order chi connectivity index (χ1) is 23.2. The summed E-state index contributed by atoms with van der Waals surface area (Å²) >= 11 is 2.43. The van der Waals surface area contributed by atoms with Gasteiger partial charge in [-0.15, -0.1) is 0 Å². The van der Waals surface area contributed by atoms with Crippen LogP contribution in [-0.2, 0) is 36.6 Å². The molecule has 0 unspecified atom stereocenters. The van der Waals surface area contributed by atoms with Crippen molar-refractivity contribution >= 4 is 22.5 Å². The van der Waals surface area contributed by atoms with Crippen molar-refractivity contribution in [1.29, 1.82) is 0 Å². The standard InChI is InChI=1S/C43H44N4O.Pt/c1-41(2,3)31-17-19-33(20-18-31)45-29-46(38-15-10-9-14-37(38)45)34-12-11-13-35(27-34)48-36-21-16-30-22-24-43(7,8)47(39(30)28-36)40-26-32(23-25-44-40)42(4,5)6;/h9-21,23,25-26H,22,24H2,1-8H3;/q-2;. The normalized spacial score (nSPS) is 14.6. The van der Waals surface area contributed by atoms with Gasteiger partial charge in [-0.2, -0.15) is 0 Å². The number of hydrogen-bond acceptors (Lipinski definition) is 3. The van der Waals surface area contributed by atoms with E-state index in [2.05, 4.69) is 174 Å². The summed E-state index contributed by atoms with van der Waals surface area (Å²) in [6.45, 7) is 18.0. The van der Waals surface area contributed by atoms with Crippen LogP contribution in [0.2, 0.25) is 0 Å². The van der Waals surface area contributed by atoms with E-state index in [0.717, 1.165) is 50.6 Å². The number of nitrogens with zero attached hydrogens (tertiary/aromatic N) is 4. The van der Waals surface area contributed by atoms with E-state index < -0.39 is 0 Å². The van der Waals surface area contributed by atoms with E-state index in [1.165, 1.54) is 16.7 Å². The Morgan fingerprint density at radius 3 is 2.10 bits per heavy atom. The SMILES string of the molecule is CC(C)(C)c1ccc(-n2[c](=[Pt])n(-c3[c-]c(Oc4[c-]c5c(cc4)CCC(C)(C)N5c4cc(C(C)(C)C)ccn4)ccc3)c3ccccc32)cc1. The Hall–Kier alpha value is -4.21. The number of aromatic nitrogens is 3. The summed E-state index contributed by atoms with van der Waals surface area (Å²) in [7, 11) is 0. The van der Waals surface area contributed by atoms with Gasteiger partial charge in [-0.05, 0) is 17.0 Å². The minimum atomic E-state index is -0.133. The van der Waals surface area contributed by atoms with Crippen molar-refractivity contribution in [3.63, 3.8) is 0 Å². The molecule has 0 atom stereocenters. The number of rotatable bonds is 5. The quantitative estimate of drug-likeness (QED) is 0.162. The van der Waals surface area contributed by atoms with Crippen molar-refractivity contribution in [1.82, 2.24) is 14.1 Å². The molecule has 5 nitrogen and oxygen atoms in total. The van der Waals surface area contributed by atoms with Crippen molar-refractivity contribution in [3.8, 4) is 22.9 Å². The molecule has 0 radical (unpaired) electrons. The van der Waals surface area contributed by atoms with Crippen LogP contribution in [-0.4, -0.2) is 19.7 Å². The van der Waals surface area contributed by atoms with Crippen LogP contribution >= 0.6 is 0 Å². The predicted octanol–water partition coefficient (Wildman–Crippen LogP) is 10.7. The van der Waals surface area contributed by atoms with E-state index in [9.17, 15) is 0 Å². The summed E-state index contributed by atoms with van der Waals surface area (Å²) in [6.07, 6.45) is 3.93. The molecule has 0 aliphatic carbocycles. The summed E-state index contributed by atoms with van der Waals surface area (Å²) in [5.41, 5.74) is 9.10. The molecule has 254 valence electrons. The Morgan fingerprint density at radius 1 is 0.735 bits per heavy atom. The third-order valence-corrected chi connectivity index (χ3v) is 10.6. The van der Waals surface area contributed by atoms with E-state index in [4.69, 9.17) is 9.72 Å². The number of pyridine rings is 1. The van der Waals surface area contributed by atoms with E-state index in [1.807, 2.05) is 24.4 Å². The molecule has 1 aliphatic rings. The average Bonchev–Trinajstić information content (AvgIpc) is 3.35. The van der Waals surface area contributed by atoms with Crippen LogP contribution in [0.3, 0.4) is 0 Å². The van der Waals surface area contributed by atoms with Crippen LogP contribution < -0.4 is 9.64 Å². The first kappa shape index (κ1) is 33.3. The van der Waals surface area contributed by atoms with Gasteiger partial charge < -0.3 is 0 Å². The molecule has 0 bridgehead atoms. The van der Waals surface area contributed by atoms with Crippen molar-refractivity contribution in [2.45, 2.75) is 84.6 Å². The summed E-state index contributed by atoms with van der Waals surface area (Å²) < 4.78 is 12.2. The van der Waals surface area contributed by atoms with Gasteiger partial charge in [0, 0.05) is 6.20 Å². The predicted molar refractivity (Wildman–Crippen MR) is 196 cm³/mol. The Bertz CT molecular complexity index is 2230. The monoisotopic (exact) mass is 827 g/mol.